The summed E-state index contributed by atoms with van der Waals surface area (Å²) in [6.07, 6.45) is 0.193. The van der Waals surface area contributed by atoms with Crippen LogP contribution in [0.5, 0.6) is 11.5 Å². The predicted octanol–water partition coefficient (Wildman–Crippen LogP) is 4.77. The molecule has 0 bridgehead atoms. The van der Waals surface area contributed by atoms with E-state index in [1.165, 1.54) is 11.8 Å². The highest BCUT2D eigenvalue weighted by Gasteiger charge is 2.38. The Labute approximate surface area is 187 Å². The van der Waals surface area contributed by atoms with Crippen LogP contribution in [0.4, 0.5) is 5.69 Å². The number of hydrogen-bond acceptors (Lipinski definition) is 6. The molecule has 0 aromatic heterocycles. The molecule has 2 aliphatic rings. The number of carbonyl (C=O) groups excluding carboxylic acids is 1. The molecule has 2 aromatic rings. The number of thioether (sulfide) groups is 1. The summed E-state index contributed by atoms with van der Waals surface area (Å²) < 4.78 is 6.01. The number of benzene rings is 2. The number of allylic oxidation sites excluding steroid dienone is 1. The number of phenols is 1. The number of phenolic OH excluding ortho intramolecular Hbond substituents is 1. The van der Waals surface area contributed by atoms with Crippen LogP contribution in [0.1, 0.15) is 24.8 Å². The van der Waals surface area contributed by atoms with Crippen molar-refractivity contribution in [3.63, 3.8) is 0 Å². The molecule has 1 N–H and O–H groups in total. The molecule has 0 spiro atoms. The summed E-state index contributed by atoms with van der Waals surface area (Å²) in [7, 11) is 0. The number of nitriles is 1. The molecule has 1 atom stereocenters. The molecule has 8 heteroatoms. The zero-order valence-electron chi connectivity index (χ0n) is 16.3. The zero-order chi connectivity index (χ0) is 21.3. The summed E-state index contributed by atoms with van der Waals surface area (Å²) in [4.78, 5) is 16.9. The number of anilines is 1. The van der Waals surface area contributed by atoms with E-state index < -0.39 is 0 Å². The maximum absolute atomic E-state index is 13.1. The number of para-hydroxylation sites is 1. The molecular formula is C22H20BrN3O3S. The van der Waals surface area contributed by atoms with E-state index in [1.54, 1.807) is 17.0 Å². The van der Waals surface area contributed by atoms with Crippen molar-refractivity contribution in [2.75, 3.05) is 24.1 Å². The molecule has 1 fully saturated rings. The highest BCUT2D eigenvalue weighted by Crippen LogP contribution is 2.46. The quantitative estimate of drug-likeness (QED) is 0.671. The van der Waals surface area contributed by atoms with E-state index in [9.17, 15) is 15.2 Å². The van der Waals surface area contributed by atoms with Crippen molar-refractivity contribution in [1.82, 2.24) is 4.90 Å². The number of rotatable bonds is 4. The van der Waals surface area contributed by atoms with Crippen LogP contribution in [0, 0.1) is 11.3 Å². The smallest absolute Gasteiger partial charge is 0.229 e. The van der Waals surface area contributed by atoms with Crippen LogP contribution in [-0.2, 0) is 4.79 Å². The van der Waals surface area contributed by atoms with Crippen molar-refractivity contribution in [1.29, 1.82) is 5.26 Å². The monoisotopic (exact) mass is 485 g/mol. The van der Waals surface area contributed by atoms with Gasteiger partial charge in [-0.3, -0.25) is 9.69 Å². The first-order valence-corrected chi connectivity index (χ1v) is 11.3. The fourth-order valence-corrected chi connectivity index (χ4v) is 5.34. The van der Waals surface area contributed by atoms with Gasteiger partial charge in [-0.1, -0.05) is 30.0 Å². The standard InChI is InChI=1S/C22H20BrN3O3S/c1-2-29-19-9-14(8-18(23)21(19)28)16-10-20(27)26-12-25(15-6-4-3-5-7-15)13-30-22(26)17(16)11-24/h3-9,16,28H,2,10,12-13H2,1H3. The van der Waals surface area contributed by atoms with E-state index in [2.05, 4.69) is 26.9 Å². The van der Waals surface area contributed by atoms with Gasteiger partial charge in [0.1, 0.15) is 0 Å². The fraction of sp³-hybridized carbons (Fsp3) is 0.273. The topological polar surface area (TPSA) is 76.8 Å². The molecular weight excluding hydrogens is 466 g/mol. The van der Waals surface area contributed by atoms with Gasteiger partial charge >= 0.3 is 0 Å². The average Bonchev–Trinajstić information content (AvgIpc) is 2.77. The average molecular weight is 486 g/mol. The van der Waals surface area contributed by atoms with Gasteiger partial charge in [-0.15, -0.1) is 0 Å². The normalized spacial score (nSPS) is 18.8. The summed E-state index contributed by atoms with van der Waals surface area (Å²) in [5.41, 5.74) is 2.39. The molecule has 4 rings (SSSR count). The number of aromatic hydroxyl groups is 1. The zero-order valence-corrected chi connectivity index (χ0v) is 18.7. The minimum absolute atomic E-state index is 0.0149. The third kappa shape index (κ3) is 3.75. The Kier molecular flexibility index (Phi) is 5.93. The lowest BCUT2D eigenvalue weighted by molar-refractivity contribution is -0.129. The molecule has 1 amide bonds. The number of amides is 1. The molecule has 1 saturated heterocycles. The molecule has 1 unspecified atom stereocenters. The third-order valence-electron chi connectivity index (χ3n) is 5.17. The van der Waals surface area contributed by atoms with Gasteiger partial charge < -0.3 is 14.7 Å². The Morgan fingerprint density at radius 2 is 2.10 bits per heavy atom. The van der Waals surface area contributed by atoms with Crippen LogP contribution < -0.4 is 9.64 Å². The molecule has 0 aliphatic carbocycles. The van der Waals surface area contributed by atoms with Crippen LogP contribution in [0.25, 0.3) is 0 Å². The number of ether oxygens (including phenoxy) is 1. The summed E-state index contributed by atoms with van der Waals surface area (Å²) in [5.74, 6) is 0.612. The molecule has 2 aromatic carbocycles. The summed E-state index contributed by atoms with van der Waals surface area (Å²) in [6.45, 7) is 2.66. The first-order valence-electron chi connectivity index (χ1n) is 9.56. The predicted molar refractivity (Wildman–Crippen MR) is 120 cm³/mol. The number of carbonyl (C=O) groups is 1. The van der Waals surface area contributed by atoms with E-state index in [0.29, 0.717) is 40.0 Å². The van der Waals surface area contributed by atoms with Gasteiger partial charge in [0.2, 0.25) is 5.91 Å². The number of hydrogen-bond donors (Lipinski definition) is 1. The van der Waals surface area contributed by atoms with Crippen molar-refractivity contribution >= 4 is 39.3 Å². The number of nitrogens with zero attached hydrogens (tertiary/aromatic N) is 3. The maximum Gasteiger partial charge on any atom is 0.229 e. The van der Waals surface area contributed by atoms with Crippen molar-refractivity contribution in [3.05, 3.63) is 63.1 Å². The van der Waals surface area contributed by atoms with Crippen molar-refractivity contribution < 1.29 is 14.6 Å². The van der Waals surface area contributed by atoms with E-state index >= 15 is 0 Å². The number of fused-ring (bicyclic) bond motifs is 1. The Hall–Kier alpha value is -2.63. The number of halogens is 1. The van der Waals surface area contributed by atoms with Crippen LogP contribution in [0.15, 0.2) is 57.5 Å². The lowest BCUT2D eigenvalue weighted by Crippen LogP contribution is -2.47. The lowest BCUT2D eigenvalue weighted by Gasteiger charge is -2.42. The second-order valence-corrected chi connectivity index (χ2v) is 8.77. The first-order chi connectivity index (χ1) is 14.5. The second-order valence-electron chi connectivity index (χ2n) is 6.98. The van der Waals surface area contributed by atoms with Gasteiger partial charge in [0.15, 0.2) is 11.5 Å². The molecule has 154 valence electrons. The molecule has 0 saturated carbocycles. The fourth-order valence-electron chi connectivity index (χ4n) is 3.71. The minimum atomic E-state index is -0.374. The second kappa shape index (κ2) is 8.62. The third-order valence-corrected chi connectivity index (χ3v) is 6.93. The van der Waals surface area contributed by atoms with Crippen molar-refractivity contribution in [2.45, 2.75) is 19.3 Å². The van der Waals surface area contributed by atoms with Crippen LogP contribution in [-0.4, -0.2) is 35.1 Å². The molecule has 30 heavy (non-hydrogen) atoms. The largest absolute Gasteiger partial charge is 0.503 e. The first kappa shape index (κ1) is 20.6. The van der Waals surface area contributed by atoms with E-state index in [1.807, 2.05) is 37.3 Å². The maximum atomic E-state index is 13.1. The summed E-state index contributed by atoms with van der Waals surface area (Å²) in [5, 5.41) is 20.9. The van der Waals surface area contributed by atoms with Gasteiger partial charge in [-0.25, -0.2) is 0 Å². The summed E-state index contributed by atoms with van der Waals surface area (Å²) in [6, 6.07) is 15.8. The Balaban J connectivity index is 1.70. The van der Waals surface area contributed by atoms with Gasteiger partial charge in [-0.2, -0.15) is 5.26 Å². The van der Waals surface area contributed by atoms with Gasteiger partial charge in [0.25, 0.3) is 0 Å². The molecule has 2 aliphatic heterocycles. The van der Waals surface area contributed by atoms with E-state index in [4.69, 9.17) is 4.74 Å². The van der Waals surface area contributed by atoms with Gasteiger partial charge in [0, 0.05) is 18.0 Å². The molecule has 6 nitrogen and oxygen atoms in total. The SMILES string of the molecule is CCOc1cc(C2CC(=O)N3CN(c4ccccc4)CSC3=C2C#N)cc(Br)c1O. The lowest BCUT2D eigenvalue weighted by atomic mass is 9.86. The van der Waals surface area contributed by atoms with E-state index in [-0.39, 0.29) is 24.0 Å². The summed E-state index contributed by atoms with van der Waals surface area (Å²) >= 11 is 4.86. The van der Waals surface area contributed by atoms with Crippen LogP contribution in [0.2, 0.25) is 0 Å². The molecule has 0 radical (unpaired) electrons. The highest BCUT2D eigenvalue weighted by atomic mass is 79.9. The Morgan fingerprint density at radius 1 is 1.33 bits per heavy atom. The van der Waals surface area contributed by atoms with Crippen molar-refractivity contribution in [2.24, 2.45) is 0 Å². The van der Waals surface area contributed by atoms with Crippen molar-refractivity contribution in [3.8, 4) is 17.6 Å². The minimum Gasteiger partial charge on any atom is -0.503 e. The Morgan fingerprint density at radius 3 is 2.80 bits per heavy atom. The van der Waals surface area contributed by atoms with Crippen LogP contribution in [0.3, 0.4) is 0 Å². The van der Waals surface area contributed by atoms with Gasteiger partial charge in [0.05, 0.1) is 40.3 Å². The van der Waals surface area contributed by atoms with E-state index in [0.717, 1.165) is 11.3 Å². The Bertz CT molecular complexity index is 1050. The van der Waals surface area contributed by atoms with Gasteiger partial charge in [-0.05, 0) is 52.7 Å². The highest BCUT2D eigenvalue weighted by molar-refractivity contribution is 9.10. The molecule has 2 heterocycles. The van der Waals surface area contributed by atoms with Crippen LogP contribution >= 0.6 is 27.7 Å².